The van der Waals surface area contributed by atoms with E-state index in [1.165, 1.54) is 16.7 Å². The van der Waals surface area contributed by atoms with Gasteiger partial charge in [-0.15, -0.1) is 0 Å². The van der Waals surface area contributed by atoms with Crippen LogP contribution in [0.15, 0.2) is 42.5 Å². The minimum atomic E-state index is 0.760. The second-order valence-corrected chi connectivity index (χ2v) is 5.55. The van der Waals surface area contributed by atoms with Crippen LogP contribution in [0.4, 0.5) is 0 Å². The van der Waals surface area contributed by atoms with E-state index >= 15 is 0 Å². The van der Waals surface area contributed by atoms with Gasteiger partial charge < -0.3 is 9.47 Å². The largest absolute Gasteiger partial charge is 0.493 e. The van der Waals surface area contributed by atoms with E-state index in [2.05, 4.69) is 54.4 Å². The second kappa shape index (κ2) is 6.24. The lowest BCUT2D eigenvalue weighted by Gasteiger charge is -2.17. The van der Waals surface area contributed by atoms with Gasteiger partial charge in [-0.2, -0.15) is 0 Å². The van der Waals surface area contributed by atoms with Crippen LogP contribution in [0, 0.1) is 0 Å². The normalized spacial score (nSPS) is 15.8. The van der Waals surface area contributed by atoms with Crippen LogP contribution in [-0.2, 0) is 6.54 Å². The summed E-state index contributed by atoms with van der Waals surface area (Å²) in [6.45, 7) is 1.84. The van der Waals surface area contributed by atoms with Crippen molar-refractivity contribution in [3.8, 4) is 22.6 Å². The Labute approximate surface area is 131 Å². The van der Waals surface area contributed by atoms with Crippen molar-refractivity contribution in [2.75, 3.05) is 27.8 Å². The Bertz CT molecular complexity index is 707. The highest BCUT2D eigenvalue weighted by molar-refractivity contribution is 5.80. The molecule has 0 saturated heterocycles. The molecule has 0 aliphatic carbocycles. The predicted octanol–water partition coefficient (Wildman–Crippen LogP) is 3.83. The van der Waals surface area contributed by atoms with Gasteiger partial charge in [-0.25, -0.2) is 0 Å². The highest BCUT2D eigenvalue weighted by Crippen LogP contribution is 2.38. The summed E-state index contributed by atoms with van der Waals surface area (Å²) in [6, 6.07) is 12.7. The molecule has 0 unspecified atom stereocenters. The Morgan fingerprint density at radius 1 is 0.955 bits per heavy atom. The van der Waals surface area contributed by atoms with Crippen molar-refractivity contribution in [2.45, 2.75) is 6.54 Å². The second-order valence-electron chi connectivity index (χ2n) is 5.55. The molecule has 0 fully saturated rings. The first-order valence-electron chi connectivity index (χ1n) is 7.42. The van der Waals surface area contributed by atoms with Crippen LogP contribution in [0.3, 0.4) is 0 Å². The molecule has 2 aromatic carbocycles. The molecule has 0 radical (unpaired) electrons. The Kier molecular flexibility index (Phi) is 4.16. The maximum Gasteiger partial charge on any atom is 0.161 e. The third kappa shape index (κ3) is 2.72. The third-order valence-corrected chi connectivity index (χ3v) is 4.02. The average Bonchev–Trinajstić information content (AvgIpc) is 2.60. The van der Waals surface area contributed by atoms with E-state index in [0.717, 1.165) is 30.2 Å². The van der Waals surface area contributed by atoms with E-state index in [-0.39, 0.29) is 0 Å². The average molecular weight is 295 g/mol. The van der Waals surface area contributed by atoms with Gasteiger partial charge in [0.05, 0.1) is 14.2 Å². The maximum absolute atomic E-state index is 5.48. The Morgan fingerprint density at radius 2 is 1.68 bits per heavy atom. The summed E-state index contributed by atoms with van der Waals surface area (Å²) in [5.41, 5.74) is 4.90. The van der Waals surface area contributed by atoms with Crippen molar-refractivity contribution < 1.29 is 9.47 Å². The molecule has 0 aromatic heterocycles. The number of methoxy groups -OCH3 is 2. The number of rotatable bonds is 2. The molecular weight excluding hydrogens is 274 g/mol. The molecule has 0 spiro atoms. The SMILES string of the molecule is COc1cc2c(cc1OC)-c1ccccc1CN(C)C/C=C\2. The van der Waals surface area contributed by atoms with Gasteiger partial charge in [-0.05, 0) is 41.4 Å². The van der Waals surface area contributed by atoms with Crippen LogP contribution < -0.4 is 9.47 Å². The van der Waals surface area contributed by atoms with Crippen LogP contribution in [0.5, 0.6) is 11.5 Å². The van der Waals surface area contributed by atoms with E-state index in [9.17, 15) is 0 Å². The number of hydrogen-bond acceptors (Lipinski definition) is 3. The fourth-order valence-corrected chi connectivity index (χ4v) is 2.90. The quantitative estimate of drug-likeness (QED) is 0.840. The lowest BCUT2D eigenvalue weighted by atomic mass is 9.94. The van der Waals surface area contributed by atoms with Gasteiger partial charge in [0, 0.05) is 13.1 Å². The number of benzene rings is 2. The zero-order valence-corrected chi connectivity index (χ0v) is 13.3. The molecule has 0 atom stereocenters. The highest BCUT2D eigenvalue weighted by Gasteiger charge is 2.15. The van der Waals surface area contributed by atoms with Crippen molar-refractivity contribution in [1.82, 2.24) is 4.90 Å². The summed E-state index contributed by atoms with van der Waals surface area (Å²) in [7, 11) is 5.48. The van der Waals surface area contributed by atoms with Crippen LogP contribution >= 0.6 is 0 Å². The van der Waals surface area contributed by atoms with E-state index in [0.29, 0.717) is 0 Å². The first-order valence-corrected chi connectivity index (χ1v) is 7.42. The smallest absolute Gasteiger partial charge is 0.161 e. The third-order valence-electron chi connectivity index (χ3n) is 4.02. The summed E-state index contributed by atoms with van der Waals surface area (Å²) in [6.07, 6.45) is 4.35. The first kappa shape index (κ1) is 14.7. The van der Waals surface area contributed by atoms with Crippen LogP contribution in [0.2, 0.25) is 0 Å². The molecule has 1 heterocycles. The van der Waals surface area contributed by atoms with E-state index in [4.69, 9.17) is 9.47 Å². The molecule has 22 heavy (non-hydrogen) atoms. The van der Waals surface area contributed by atoms with Crippen LogP contribution in [-0.4, -0.2) is 32.7 Å². The van der Waals surface area contributed by atoms with Gasteiger partial charge in [-0.3, -0.25) is 4.90 Å². The van der Waals surface area contributed by atoms with Gasteiger partial charge in [0.25, 0.3) is 0 Å². The molecule has 3 rings (SSSR count). The molecule has 0 N–H and O–H groups in total. The fraction of sp³-hybridized carbons (Fsp3) is 0.263. The van der Waals surface area contributed by atoms with Gasteiger partial charge in [0.2, 0.25) is 0 Å². The Balaban J connectivity index is 2.25. The molecule has 114 valence electrons. The van der Waals surface area contributed by atoms with Crippen molar-refractivity contribution >= 4 is 6.08 Å². The molecule has 3 nitrogen and oxygen atoms in total. The van der Waals surface area contributed by atoms with E-state index in [1.807, 2.05) is 6.07 Å². The van der Waals surface area contributed by atoms with Crippen molar-refractivity contribution in [3.05, 3.63) is 53.6 Å². The maximum atomic E-state index is 5.48. The molecule has 0 bridgehead atoms. The summed E-state index contributed by atoms with van der Waals surface area (Å²) < 4.78 is 10.9. The molecule has 1 aliphatic rings. The number of nitrogens with zero attached hydrogens (tertiary/aromatic N) is 1. The van der Waals surface area contributed by atoms with Gasteiger partial charge in [0.1, 0.15) is 0 Å². The Morgan fingerprint density at radius 3 is 2.45 bits per heavy atom. The van der Waals surface area contributed by atoms with Gasteiger partial charge in [0.15, 0.2) is 11.5 Å². The molecule has 0 amide bonds. The zero-order chi connectivity index (χ0) is 15.5. The monoisotopic (exact) mass is 295 g/mol. The van der Waals surface area contributed by atoms with Crippen LogP contribution in [0.25, 0.3) is 17.2 Å². The first-order chi connectivity index (χ1) is 10.7. The fourth-order valence-electron chi connectivity index (χ4n) is 2.90. The molecule has 0 saturated carbocycles. The number of ether oxygens (including phenoxy) is 2. The van der Waals surface area contributed by atoms with Gasteiger partial charge in [-0.1, -0.05) is 36.4 Å². The topological polar surface area (TPSA) is 21.7 Å². The van der Waals surface area contributed by atoms with E-state index in [1.54, 1.807) is 14.2 Å². The van der Waals surface area contributed by atoms with Crippen molar-refractivity contribution in [3.63, 3.8) is 0 Å². The van der Waals surface area contributed by atoms with E-state index < -0.39 is 0 Å². The minimum Gasteiger partial charge on any atom is -0.493 e. The van der Waals surface area contributed by atoms with Gasteiger partial charge >= 0.3 is 0 Å². The molecule has 2 aromatic rings. The zero-order valence-electron chi connectivity index (χ0n) is 13.3. The van der Waals surface area contributed by atoms with Crippen molar-refractivity contribution in [2.24, 2.45) is 0 Å². The molecule has 3 heteroatoms. The molecular formula is C19H21NO2. The standard InChI is InChI=1S/C19H21NO2/c1-20-10-6-8-14-11-18(21-2)19(22-3)12-17(14)16-9-5-4-7-15(16)13-20/h4-9,11-12H,10,13H2,1-3H3/b8-6-. The molecule has 1 aliphatic heterocycles. The summed E-state index contributed by atoms with van der Waals surface area (Å²) in [5.74, 6) is 1.52. The predicted molar refractivity (Wildman–Crippen MR) is 90.4 cm³/mol. The van der Waals surface area contributed by atoms with Crippen LogP contribution in [0.1, 0.15) is 11.1 Å². The summed E-state index contributed by atoms with van der Waals surface area (Å²) in [5, 5.41) is 0. The van der Waals surface area contributed by atoms with Crippen molar-refractivity contribution in [1.29, 1.82) is 0 Å². The minimum absolute atomic E-state index is 0.760. The number of hydrogen-bond donors (Lipinski definition) is 0. The highest BCUT2D eigenvalue weighted by atomic mass is 16.5. The lowest BCUT2D eigenvalue weighted by Crippen LogP contribution is -2.17. The Hall–Kier alpha value is -2.26. The summed E-state index contributed by atoms with van der Waals surface area (Å²) in [4.78, 5) is 2.30. The lowest BCUT2D eigenvalue weighted by molar-refractivity contribution is 0.355. The summed E-state index contributed by atoms with van der Waals surface area (Å²) >= 11 is 0. The number of fused-ring (bicyclic) bond motifs is 3. The number of likely N-dealkylation sites (N-methyl/N-ethyl adjacent to an activating group) is 1.